The Bertz CT molecular complexity index is 1060. The molecule has 3 aromatic rings. The van der Waals surface area contributed by atoms with Gasteiger partial charge in [-0.05, 0) is 48.4 Å². The van der Waals surface area contributed by atoms with Gasteiger partial charge in [0.15, 0.2) is 0 Å². The Balaban J connectivity index is 1.26. The van der Waals surface area contributed by atoms with Crippen molar-refractivity contribution in [2.45, 2.75) is 12.5 Å². The third kappa shape index (κ3) is 6.64. The van der Waals surface area contributed by atoms with Gasteiger partial charge in [-0.25, -0.2) is 0 Å². The Morgan fingerprint density at radius 2 is 1.63 bits per heavy atom. The van der Waals surface area contributed by atoms with Gasteiger partial charge in [0, 0.05) is 45.0 Å². The van der Waals surface area contributed by atoms with Crippen LogP contribution in [0.2, 0.25) is 0 Å². The number of piperazine rings is 1. The lowest BCUT2D eigenvalue weighted by atomic mass is 10.1. The molecule has 8 heteroatoms. The summed E-state index contributed by atoms with van der Waals surface area (Å²) in [6, 6.07) is 21.6. The van der Waals surface area contributed by atoms with Gasteiger partial charge >= 0.3 is 11.8 Å². The number of nitrogens with one attached hydrogen (secondary N) is 2. The van der Waals surface area contributed by atoms with Crippen molar-refractivity contribution in [3.8, 4) is 5.75 Å². The van der Waals surface area contributed by atoms with Crippen molar-refractivity contribution >= 4 is 17.5 Å². The number of hydrogen-bond donors (Lipinski definition) is 2. The highest BCUT2D eigenvalue weighted by Crippen LogP contribution is 2.24. The number of nitrogens with zero attached hydrogens (tertiary/aromatic N) is 2. The maximum atomic E-state index is 12.5. The van der Waals surface area contributed by atoms with Gasteiger partial charge in [-0.1, -0.05) is 30.3 Å². The number of benzene rings is 2. The van der Waals surface area contributed by atoms with E-state index >= 15 is 0 Å². The molecule has 0 radical (unpaired) electrons. The molecule has 184 valence electrons. The van der Waals surface area contributed by atoms with Crippen molar-refractivity contribution < 1.29 is 18.7 Å². The zero-order valence-electron chi connectivity index (χ0n) is 20.0. The molecule has 1 aromatic heterocycles. The third-order valence-electron chi connectivity index (χ3n) is 6.27. The number of rotatable bonds is 9. The van der Waals surface area contributed by atoms with Gasteiger partial charge in [0.2, 0.25) is 0 Å². The predicted octanol–water partition coefficient (Wildman–Crippen LogP) is 2.63. The minimum atomic E-state index is -0.640. The van der Waals surface area contributed by atoms with E-state index in [1.54, 1.807) is 13.4 Å². The Kier molecular flexibility index (Phi) is 8.40. The number of ether oxygens (including phenoxy) is 1. The zero-order valence-corrected chi connectivity index (χ0v) is 20.0. The minimum Gasteiger partial charge on any atom is -0.497 e. The second-order valence-electron chi connectivity index (χ2n) is 8.45. The van der Waals surface area contributed by atoms with Crippen LogP contribution < -0.4 is 20.3 Å². The molecule has 1 saturated heterocycles. The molecule has 0 aliphatic carbocycles. The van der Waals surface area contributed by atoms with E-state index in [1.807, 2.05) is 54.6 Å². The fraction of sp³-hybridized carbons (Fsp3) is 0.333. The largest absolute Gasteiger partial charge is 0.497 e. The van der Waals surface area contributed by atoms with Gasteiger partial charge in [-0.2, -0.15) is 0 Å². The van der Waals surface area contributed by atoms with Gasteiger partial charge in [0.1, 0.15) is 11.5 Å². The highest BCUT2D eigenvalue weighted by atomic mass is 16.5. The lowest BCUT2D eigenvalue weighted by molar-refractivity contribution is -0.139. The summed E-state index contributed by atoms with van der Waals surface area (Å²) in [5, 5.41) is 5.49. The Morgan fingerprint density at radius 1 is 0.914 bits per heavy atom. The highest BCUT2D eigenvalue weighted by Gasteiger charge is 2.28. The molecular formula is C27H32N4O4. The first-order chi connectivity index (χ1) is 17.1. The summed E-state index contributed by atoms with van der Waals surface area (Å²) in [6.45, 7) is 4.07. The maximum Gasteiger partial charge on any atom is 0.309 e. The first kappa shape index (κ1) is 24.3. The summed E-state index contributed by atoms with van der Waals surface area (Å²) in [5.41, 5.74) is 2.26. The van der Waals surface area contributed by atoms with Crippen LogP contribution in [-0.4, -0.2) is 63.1 Å². The molecule has 2 aromatic carbocycles. The highest BCUT2D eigenvalue weighted by molar-refractivity contribution is 6.35. The molecule has 0 bridgehead atoms. The van der Waals surface area contributed by atoms with Crippen LogP contribution in [0, 0.1) is 0 Å². The van der Waals surface area contributed by atoms with Gasteiger partial charge in [0.25, 0.3) is 0 Å². The number of carbonyl (C=O) groups is 2. The summed E-state index contributed by atoms with van der Waals surface area (Å²) in [5.74, 6) is 0.285. The minimum absolute atomic E-state index is 0.140. The Hall–Kier alpha value is -3.78. The standard InChI is InChI=1S/C27H32N4O4/c1-34-23-11-9-21(10-12-23)13-14-28-26(32)27(33)29-20-24(25-8-5-19-35-25)31-17-15-30(16-18-31)22-6-3-2-4-7-22/h2-12,19,24H,13-18,20H2,1H3,(H,28,32)(H,29,33). The summed E-state index contributed by atoms with van der Waals surface area (Å²) < 4.78 is 10.8. The maximum absolute atomic E-state index is 12.5. The second kappa shape index (κ2) is 12.1. The fourth-order valence-electron chi connectivity index (χ4n) is 4.28. The summed E-state index contributed by atoms with van der Waals surface area (Å²) >= 11 is 0. The molecule has 8 nitrogen and oxygen atoms in total. The lowest BCUT2D eigenvalue weighted by Crippen LogP contribution is -2.50. The van der Waals surface area contributed by atoms with E-state index in [0.29, 0.717) is 19.5 Å². The average Bonchev–Trinajstić information content (AvgIpc) is 3.44. The quantitative estimate of drug-likeness (QED) is 0.462. The molecule has 2 heterocycles. The smallest absolute Gasteiger partial charge is 0.309 e. The van der Waals surface area contributed by atoms with Gasteiger partial charge < -0.3 is 24.7 Å². The molecule has 0 spiro atoms. The molecule has 2 amide bonds. The predicted molar refractivity (Wildman–Crippen MR) is 134 cm³/mol. The van der Waals surface area contributed by atoms with Crippen molar-refractivity contribution in [2.75, 3.05) is 51.3 Å². The van der Waals surface area contributed by atoms with Crippen molar-refractivity contribution in [3.63, 3.8) is 0 Å². The van der Waals surface area contributed by atoms with E-state index in [-0.39, 0.29) is 6.04 Å². The Labute approximate surface area is 205 Å². The molecule has 1 unspecified atom stereocenters. The van der Waals surface area contributed by atoms with E-state index in [0.717, 1.165) is 43.3 Å². The number of methoxy groups -OCH3 is 1. The van der Waals surface area contributed by atoms with E-state index < -0.39 is 11.8 Å². The summed E-state index contributed by atoms with van der Waals surface area (Å²) in [4.78, 5) is 29.4. The molecule has 1 fully saturated rings. The van der Waals surface area contributed by atoms with E-state index in [2.05, 4.69) is 32.6 Å². The van der Waals surface area contributed by atoms with Crippen molar-refractivity contribution in [2.24, 2.45) is 0 Å². The van der Waals surface area contributed by atoms with E-state index in [9.17, 15) is 9.59 Å². The van der Waals surface area contributed by atoms with Crippen LogP contribution in [0.1, 0.15) is 17.4 Å². The van der Waals surface area contributed by atoms with Crippen LogP contribution in [0.15, 0.2) is 77.4 Å². The topological polar surface area (TPSA) is 87.0 Å². The number of carbonyl (C=O) groups excluding carboxylic acids is 2. The van der Waals surface area contributed by atoms with Crippen molar-refractivity contribution in [1.29, 1.82) is 0 Å². The van der Waals surface area contributed by atoms with Crippen molar-refractivity contribution in [1.82, 2.24) is 15.5 Å². The van der Waals surface area contributed by atoms with Crippen LogP contribution in [0.25, 0.3) is 0 Å². The number of hydrogen-bond acceptors (Lipinski definition) is 6. The van der Waals surface area contributed by atoms with E-state index in [1.165, 1.54) is 5.69 Å². The lowest BCUT2D eigenvalue weighted by Gasteiger charge is -2.39. The molecule has 1 aliphatic heterocycles. The van der Waals surface area contributed by atoms with E-state index in [4.69, 9.17) is 9.15 Å². The van der Waals surface area contributed by atoms with Crippen LogP contribution >= 0.6 is 0 Å². The number of furan rings is 1. The van der Waals surface area contributed by atoms with Crippen molar-refractivity contribution in [3.05, 3.63) is 84.3 Å². The molecule has 4 rings (SSSR count). The van der Waals surface area contributed by atoms with Crippen LogP contribution in [0.5, 0.6) is 5.75 Å². The molecule has 1 aliphatic rings. The fourth-order valence-corrected chi connectivity index (χ4v) is 4.28. The summed E-state index contributed by atoms with van der Waals surface area (Å²) in [7, 11) is 1.62. The van der Waals surface area contributed by atoms with Crippen LogP contribution in [0.4, 0.5) is 5.69 Å². The molecular weight excluding hydrogens is 444 g/mol. The molecule has 1 atom stereocenters. The van der Waals surface area contributed by atoms with Crippen LogP contribution in [0.3, 0.4) is 0 Å². The normalized spacial score (nSPS) is 14.8. The zero-order chi connectivity index (χ0) is 24.5. The number of amides is 2. The van der Waals surface area contributed by atoms with Gasteiger partial charge in [-0.3, -0.25) is 14.5 Å². The second-order valence-corrected chi connectivity index (χ2v) is 8.45. The number of anilines is 1. The monoisotopic (exact) mass is 476 g/mol. The SMILES string of the molecule is COc1ccc(CCNC(=O)C(=O)NCC(c2ccco2)N2CCN(c3ccccc3)CC2)cc1. The molecule has 2 N–H and O–H groups in total. The first-order valence-corrected chi connectivity index (χ1v) is 11.9. The average molecular weight is 477 g/mol. The summed E-state index contributed by atoms with van der Waals surface area (Å²) in [6.07, 6.45) is 2.26. The van der Waals surface area contributed by atoms with Gasteiger partial charge in [0.05, 0.1) is 19.4 Å². The van der Waals surface area contributed by atoms with Gasteiger partial charge in [-0.15, -0.1) is 0 Å². The first-order valence-electron chi connectivity index (χ1n) is 11.9. The molecule has 35 heavy (non-hydrogen) atoms. The molecule has 0 saturated carbocycles. The van der Waals surface area contributed by atoms with Crippen LogP contribution in [-0.2, 0) is 16.0 Å². The third-order valence-corrected chi connectivity index (χ3v) is 6.27. The number of para-hydroxylation sites is 1. The Morgan fingerprint density at radius 3 is 2.29 bits per heavy atom.